The van der Waals surface area contributed by atoms with Gasteiger partial charge in [0.15, 0.2) is 5.78 Å². The number of ether oxygens (including phenoxy) is 1. The van der Waals surface area contributed by atoms with Gasteiger partial charge in [0, 0.05) is 29.8 Å². The van der Waals surface area contributed by atoms with Crippen molar-refractivity contribution in [3.8, 4) is 5.75 Å². The summed E-state index contributed by atoms with van der Waals surface area (Å²) in [4.78, 5) is 33.5. The van der Waals surface area contributed by atoms with E-state index in [1.165, 1.54) is 6.08 Å². The highest BCUT2D eigenvalue weighted by molar-refractivity contribution is 6.48. The highest BCUT2D eigenvalue weighted by Crippen LogP contribution is 2.31. The van der Waals surface area contributed by atoms with Crippen LogP contribution in [0.1, 0.15) is 24.0 Å². The van der Waals surface area contributed by atoms with E-state index in [2.05, 4.69) is 16.9 Å². The molecule has 1 amide bonds. The van der Waals surface area contributed by atoms with Crippen molar-refractivity contribution >= 4 is 46.3 Å². The molecule has 0 spiro atoms. The van der Waals surface area contributed by atoms with Gasteiger partial charge in [0.25, 0.3) is 0 Å². The third-order valence-electron chi connectivity index (χ3n) is 5.67. The minimum Gasteiger partial charge on any atom is -0.495 e. The molecule has 1 N–H and O–H groups in total. The Kier molecular flexibility index (Phi) is 4.20. The molecule has 0 bridgehead atoms. The van der Waals surface area contributed by atoms with Gasteiger partial charge >= 0.3 is 0 Å². The molecule has 0 saturated heterocycles. The van der Waals surface area contributed by atoms with Crippen LogP contribution < -0.4 is 20.5 Å². The van der Waals surface area contributed by atoms with Gasteiger partial charge in [-0.2, -0.15) is 0 Å². The number of carbonyl (C=O) groups excluding carboxylic acids is 2. The molecular weight excluding hydrogens is 378 g/mol. The monoisotopic (exact) mass is 397 g/mol. The molecule has 1 saturated carbocycles. The molecule has 0 unspecified atom stereocenters. The van der Waals surface area contributed by atoms with Crippen molar-refractivity contribution in [3.63, 3.8) is 0 Å². The van der Waals surface area contributed by atoms with Crippen molar-refractivity contribution in [1.82, 2.24) is 0 Å². The fraction of sp³-hybridized carbons (Fsp3) is 0.167. The zero-order valence-electron chi connectivity index (χ0n) is 16.5. The van der Waals surface area contributed by atoms with Crippen molar-refractivity contribution in [1.29, 1.82) is 0 Å². The third-order valence-corrected chi connectivity index (χ3v) is 5.67. The third kappa shape index (κ3) is 2.80. The van der Waals surface area contributed by atoms with Crippen LogP contribution in [0.25, 0.3) is 11.8 Å². The molecule has 6 nitrogen and oxygen atoms in total. The predicted molar refractivity (Wildman–Crippen MR) is 117 cm³/mol. The van der Waals surface area contributed by atoms with Crippen molar-refractivity contribution in [3.05, 3.63) is 64.6 Å². The van der Waals surface area contributed by atoms with Gasteiger partial charge in [-0.25, -0.2) is 0 Å². The van der Waals surface area contributed by atoms with Crippen LogP contribution in [-0.2, 0) is 16.0 Å². The van der Waals surface area contributed by atoms with E-state index in [1.807, 2.05) is 30.5 Å². The van der Waals surface area contributed by atoms with Crippen LogP contribution in [0.5, 0.6) is 5.75 Å². The topological polar surface area (TPSA) is 80.1 Å². The number of fused-ring (bicyclic) bond motifs is 4. The van der Waals surface area contributed by atoms with Gasteiger partial charge in [-0.1, -0.05) is 18.7 Å². The number of anilines is 1. The Morgan fingerprint density at radius 3 is 2.87 bits per heavy atom. The fourth-order valence-electron chi connectivity index (χ4n) is 4.19. The van der Waals surface area contributed by atoms with Crippen molar-refractivity contribution in [2.24, 2.45) is 9.98 Å². The summed E-state index contributed by atoms with van der Waals surface area (Å²) in [5, 5.41) is 4.73. The van der Waals surface area contributed by atoms with Gasteiger partial charge in [0.05, 0.1) is 29.9 Å². The van der Waals surface area contributed by atoms with Crippen molar-refractivity contribution in [2.45, 2.75) is 19.3 Å². The van der Waals surface area contributed by atoms with E-state index in [-0.39, 0.29) is 11.7 Å². The number of rotatable bonds is 4. The molecule has 6 heteroatoms. The summed E-state index contributed by atoms with van der Waals surface area (Å²) >= 11 is 0. The molecule has 1 fully saturated rings. The average molecular weight is 397 g/mol. The predicted octanol–water partition coefficient (Wildman–Crippen LogP) is 2.20. The average Bonchev–Trinajstić information content (AvgIpc) is 3.33. The molecular formula is C24H19N3O3. The van der Waals surface area contributed by atoms with E-state index in [0.717, 1.165) is 44.2 Å². The lowest BCUT2D eigenvalue weighted by molar-refractivity contribution is -0.113. The van der Waals surface area contributed by atoms with Gasteiger partial charge in [0.2, 0.25) is 5.91 Å². The second-order valence-electron chi connectivity index (χ2n) is 7.38. The summed E-state index contributed by atoms with van der Waals surface area (Å²) in [5.74, 6) is 0.429. The molecule has 5 rings (SSSR count). The number of hydrogen-bond donors (Lipinski definition) is 1. The van der Waals surface area contributed by atoms with Crippen LogP contribution in [0.15, 0.2) is 53.0 Å². The van der Waals surface area contributed by atoms with Gasteiger partial charge in [-0.05, 0) is 47.0 Å². The second-order valence-corrected chi connectivity index (χ2v) is 7.38. The molecule has 2 aromatic carbocycles. The number of amides is 1. The van der Waals surface area contributed by atoms with Crippen molar-refractivity contribution in [2.75, 3.05) is 12.4 Å². The van der Waals surface area contributed by atoms with E-state index in [4.69, 9.17) is 9.73 Å². The normalized spacial score (nSPS) is 16.0. The first-order valence-corrected chi connectivity index (χ1v) is 9.75. The van der Waals surface area contributed by atoms with E-state index < -0.39 is 0 Å². The zero-order chi connectivity index (χ0) is 20.8. The molecule has 2 aliphatic heterocycles. The maximum atomic E-state index is 12.3. The largest absolute Gasteiger partial charge is 0.495 e. The quantitative estimate of drug-likeness (QED) is 0.804. The van der Waals surface area contributed by atoms with E-state index in [0.29, 0.717) is 30.7 Å². The summed E-state index contributed by atoms with van der Waals surface area (Å²) in [5.41, 5.74) is 5.96. The highest BCUT2D eigenvalue weighted by Gasteiger charge is 2.31. The van der Waals surface area contributed by atoms with Gasteiger partial charge in [0.1, 0.15) is 5.75 Å². The van der Waals surface area contributed by atoms with Crippen LogP contribution in [0, 0.1) is 0 Å². The Labute approximate surface area is 173 Å². The molecule has 3 aliphatic rings. The lowest BCUT2D eigenvalue weighted by atomic mass is 9.95. The summed E-state index contributed by atoms with van der Waals surface area (Å²) < 4.78 is 5.35. The summed E-state index contributed by atoms with van der Waals surface area (Å²) in [7, 11) is 1.55. The van der Waals surface area contributed by atoms with Crippen LogP contribution in [0.2, 0.25) is 0 Å². The summed E-state index contributed by atoms with van der Waals surface area (Å²) in [6.45, 7) is 3.49. The molecule has 0 atom stereocenters. The lowest BCUT2D eigenvalue weighted by Crippen LogP contribution is -2.23. The van der Waals surface area contributed by atoms with E-state index in [1.54, 1.807) is 13.2 Å². The lowest BCUT2D eigenvalue weighted by Gasteiger charge is -2.16. The minimum atomic E-state index is -0.310. The maximum Gasteiger partial charge on any atom is 0.247 e. The molecule has 2 aromatic rings. The number of carbonyl (C=O) groups is 2. The van der Waals surface area contributed by atoms with Crippen LogP contribution in [0.4, 0.5) is 11.4 Å². The number of benzene rings is 2. The Morgan fingerprint density at radius 1 is 1.20 bits per heavy atom. The Morgan fingerprint density at radius 2 is 2.07 bits per heavy atom. The fourth-order valence-corrected chi connectivity index (χ4v) is 4.19. The number of aliphatic imine (C=N–C) groups is 2. The van der Waals surface area contributed by atoms with Crippen LogP contribution in [0.3, 0.4) is 0 Å². The Balaban J connectivity index is 1.57. The Bertz CT molecular complexity index is 1330. The van der Waals surface area contributed by atoms with Crippen molar-refractivity contribution < 1.29 is 14.3 Å². The molecule has 30 heavy (non-hydrogen) atoms. The number of nitrogens with zero attached hydrogens (tertiary/aromatic N) is 2. The minimum absolute atomic E-state index is 0.180. The number of ketones is 1. The summed E-state index contributed by atoms with van der Waals surface area (Å²) in [6, 6.07) is 9.56. The van der Waals surface area contributed by atoms with Gasteiger partial charge < -0.3 is 10.1 Å². The zero-order valence-corrected chi connectivity index (χ0v) is 16.5. The summed E-state index contributed by atoms with van der Waals surface area (Å²) in [6.07, 6.45) is 4.91. The van der Waals surface area contributed by atoms with Gasteiger partial charge in [-0.3, -0.25) is 19.6 Å². The van der Waals surface area contributed by atoms with E-state index in [9.17, 15) is 9.59 Å². The molecule has 1 aliphatic carbocycles. The first-order chi connectivity index (χ1) is 14.6. The maximum absolute atomic E-state index is 12.3. The van der Waals surface area contributed by atoms with Crippen LogP contribution >= 0.6 is 0 Å². The first kappa shape index (κ1) is 18.2. The van der Waals surface area contributed by atoms with Gasteiger partial charge in [-0.15, -0.1) is 0 Å². The standard InChI is InChI=1S/C24H19N3O3/c1-3-22(29)26-19-10-13(5-9-21(19)30-2)18-11-16-14(12-25-18)4-6-15-23-17(27-24(15)16)7-8-20(23)28/h3-6,9-10,12H,1,7-8,11H2,2H3,(H,26,29). The molecule has 0 radical (unpaired) electrons. The first-order valence-electron chi connectivity index (χ1n) is 9.75. The number of Topliss-reactive ketones (excluding diaryl/α,β-unsaturated/α-hetero) is 1. The Hall–Kier alpha value is -3.80. The molecule has 148 valence electrons. The number of hydrogen-bond acceptors (Lipinski definition) is 5. The smallest absolute Gasteiger partial charge is 0.247 e. The highest BCUT2D eigenvalue weighted by atomic mass is 16.5. The second kappa shape index (κ2) is 6.91. The number of nitrogens with one attached hydrogen (secondary N) is 1. The molecule has 2 heterocycles. The van der Waals surface area contributed by atoms with E-state index >= 15 is 0 Å². The molecule has 0 aromatic heterocycles. The number of methoxy groups -OCH3 is 1. The van der Waals surface area contributed by atoms with Crippen LogP contribution in [-0.4, -0.2) is 30.2 Å². The SMILES string of the molecule is C=CC(=O)Nc1cc(C2=NC=c3ccc4c(c3C2)N=C2CCC(=O)C=42)ccc1OC.